The fourth-order valence-corrected chi connectivity index (χ4v) is 5.97. The van der Waals surface area contributed by atoms with Crippen molar-refractivity contribution in [3.05, 3.63) is 88.1 Å². The van der Waals surface area contributed by atoms with E-state index in [1.807, 2.05) is 53.1 Å². The van der Waals surface area contributed by atoms with Crippen LogP contribution in [0.25, 0.3) is 0 Å². The molecule has 0 fully saturated rings. The van der Waals surface area contributed by atoms with E-state index < -0.39 is 17.8 Å². The maximum atomic E-state index is 13.1. The summed E-state index contributed by atoms with van der Waals surface area (Å²) in [6.45, 7) is 5.60. The molecule has 236 valence electrons. The summed E-state index contributed by atoms with van der Waals surface area (Å²) in [5, 5.41) is 14.7. The SMILES string of the molecule is CCOC(=O)c1sc(NC(=O)CSc2nnc(CNC(=O)COc3ccccc3)n2Cc2ccccc2)c(C(=O)OCC)c1C. The molecule has 0 radical (unpaired) electrons. The molecule has 0 unspecified atom stereocenters. The Kier molecular flexibility index (Phi) is 12.1. The van der Waals surface area contributed by atoms with E-state index in [0.29, 0.717) is 28.8 Å². The van der Waals surface area contributed by atoms with Crippen LogP contribution >= 0.6 is 23.1 Å². The van der Waals surface area contributed by atoms with Crippen LogP contribution in [0.4, 0.5) is 5.00 Å². The first-order chi connectivity index (χ1) is 21.8. The lowest BCUT2D eigenvalue weighted by molar-refractivity contribution is -0.123. The first kappa shape index (κ1) is 33.2. The van der Waals surface area contributed by atoms with Crippen molar-refractivity contribution in [2.24, 2.45) is 0 Å². The lowest BCUT2D eigenvalue weighted by Gasteiger charge is -2.12. The molecule has 0 atom stereocenters. The third-order valence-corrected chi connectivity index (χ3v) is 8.36. The number of thioether (sulfide) groups is 1. The third kappa shape index (κ3) is 9.16. The van der Waals surface area contributed by atoms with Crippen molar-refractivity contribution in [3.63, 3.8) is 0 Å². The molecule has 14 heteroatoms. The molecule has 0 aliphatic carbocycles. The molecule has 0 aliphatic heterocycles. The van der Waals surface area contributed by atoms with Gasteiger partial charge < -0.3 is 29.4 Å². The summed E-state index contributed by atoms with van der Waals surface area (Å²) in [7, 11) is 0. The van der Waals surface area contributed by atoms with Crippen molar-refractivity contribution in [1.82, 2.24) is 20.1 Å². The monoisotopic (exact) mass is 651 g/mol. The molecule has 0 bridgehead atoms. The molecule has 2 aromatic carbocycles. The average molecular weight is 652 g/mol. The minimum Gasteiger partial charge on any atom is -0.484 e. The van der Waals surface area contributed by atoms with Crippen LogP contribution in [-0.2, 0) is 32.2 Å². The van der Waals surface area contributed by atoms with Gasteiger partial charge in [-0.25, -0.2) is 9.59 Å². The Balaban J connectivity index is 1.46. The van der Waals surface area contributed by atoms with Gasteiger partial charge in [0.05, 0.1) is 37.6 Å². The number of anilines is 1. The van der Waals surface area contributed by atoms with Gasteiger partial charge in [0.1, 0.15) is 15.6 Å². The van der Waals surface area contributed by atoms with E-state index in [2.05, 4.69) is 20.8 Å². The lowest BCUT2D eigenvalue weighted by atomic mass is 10.1. The Morgan fingerprint density at radius 2 is 1.56 bits per heavy atom. The quantitative estimate of drug-likeness (QED) is 0.139. The van der Waals surface area contributed by atoms with Gasteiger partial charge in [0, 0.05) is 0 Å². The van der Waals surface area contributed by atoms with Crippen LogP contribution in [0, 0.1) is 6.92 Å². The van der Waals surface area contributed by atoms with Crippen LogP contribution in [0.15, 0.2) is 65.8 Å². The van der Waals surface area contributed by atoms with E-state index >= 15 is 0 Å². The van der Waals surface area contributed by atoms with Crippen molar-refractivity contribution >= 4 is 51.9 Å². The number of nitrogens with one attached hydrogen (secondary N) is 2. The van der Waals surface area contributed by atoms with E-state index in [-0.39, 0.29) is 53.5 Å². The predicted molar refractivity (Wildman–Crippen MR) is 170 cm³/mol. The number of rotatable bonds is 15. The summed E-state index contributed by atoms with van der Waals surface area (Å²) in [6.07, 6.45) is 0. The van der Waals surface area contributed by atoms with Gasteiger partial charge in [-0.2, -0.15) is 0 Å². The summed E-state index contributed by atoms with van der Waals surface area (Å²) in [5.41, 5.74) is 1.47. The fourth-order valence-electron chi connectivity index (χ4n) is 4.11. The Labute approximate surface area is 268 Å². The van der Waals surface area contributed by atoms with Crippen molar-refractivity contribution < 1.29 is 33.4 Å². The van der Waals surface area contributed by atoms with E-state index in [1.165, 1.54) is 0 Å². The molecular weight excluding hydrogens is 619 g/mol. The van der Waals surface area contributed by atoms with Crippen LogP contribution < -0.4 is 15.4 Å². The van der Waals surface area contributed by atoms with E-state index in [1.54, 1.807) is 32.9 Å². The van der Waals surface area contributed by atoms with E-state index in [0.717, 1.165) is 28.7 Å². The number of carbonyl (C=O) groups is 4. The molecule has 12 nitrogen and oxygen atoms in total. The molecular formula is C31H33N5O7S2. The molecule has 4 aromatic rings. The second kappa shape index (κ2) is 16.4. The van der Waals surface area contributed by atoms with Crippen molar-refractivity contribution in [2.45, 2.75) is 39.0 Å². The van der Waals surface area contributed by atoms with Crippen molar-refractivity contribution in [3.8, 4) is 5.75 Å². The Bertz CT molecular complexity index is 1620. The Morgan fingerprint density at radius 3 is 2.24 bits per heavy atom. The van der Waals surface area contributed by atoms with E-state index in [4.69, 9.17) is 14.2 Å². The van der Waals surface area contributed by atoms with Gasteiger partial charge in [0.25, 0.3) is 5.91 Å². The topological polar surface area (TPSA) is 151 Å². The highest BCUT2D eigenvalue weighted by Gasteiger charge is 2.27. The minimum atomic E-state index is -0.645. The number of hydrogen-bond donors (Lipinski definition) is 2. The van der Waals surface area contributed by atoms with Crippen LogP contribution in [0.2, 0.25) is 0 Å². The van der Waals surface area contributed by atoms with E-state index in [9.17, 15) is 19.2 Å². The van der Waals surface area contributed by atoms with Crippen molar-refractivity contribution in [2.75, 3.05) is 30.9 Å². The number of amides is 2. The number of hydrogen-bond acceptors (Lipinski definition) is 11. The average Bonchev–Trinajstić information content (AvgIpc) is 3.58. The van der Waals surface area contributed by atoms with Crippen LogP contribution in [0.3, 0.4) is 0 Å². The summed E-state index contributed by atoms with van der Waals surface area (Å²) in [4.78, 5) is 50.9. The first-order valence-corrected chi connectivity index (χ1v) is 15.9. The standard InChI is InChI=1S/C31H33N5O7S2/c1-4-41-29(39)26-20(3)27(30(40)42-5-2)45-28(26)33-25(38)19-44-31-35-34-23(36(31)17-21-12-8-6-9-13-21)16-32-24(37)18-43-22-14-10-7-11-15-22/h6-15H,4-5,16-19H2,1-3H3,(H,32,37)(H,33,38). The number of para-hydroxylation sites is 1. The number of aromatic nitrogens is 3. The largest absolute Gasteiger partial charge is 0.484 e. The molecule has 2 heterocycles. The van der Waals surface area contributed by atoms with Gasteiger partial charge in [-0.15, -0.1) is 21.5 Å². The van der Waals surface area contributed by atoms with Gasteiger partial charge in [0.2, 0.25) is 5.91 Å². The van der Waals surface area contributed by atoms with Gasteiger partial charge in [-0.3, -0.25) is 9.59 Å². The maximum absolute atomic E-state index is 13.1. The second-order valence-corrected chi connectivity index (χ2v) is 11.4. The Hall–Kier alpha value is -4.69. The number of thiophene rings is 1. The number of carbonyl (C=O) groups excluding carboxylic acids is 4. The smallest absolute Gasteiger partial charge is 0.348 e. The number of ether oxygens (including phenoxy) is 3. The van der Waals surface area contributed by atoms with Gasteiger partial charge in [-0.05, 0) is 44.0 Å². The highest BCUT2D eigenvalue weighted by atomic mass is 32.2. The summed E-state index contributed by atoms with van der Waals surface area (Å²) >= 11 is 2.10. The molecule has 2 N–H and O–H groups in total. The third-order valence-electron chi connectivity index (χ3n) is 6.21. The molecule has 4 rings (SSSR count). The zero-order valence-corrected chi connectivity index (χ0v) is 26.7. The Morgan fingerprint density at radius 1 is 0.889 bits per heavy atom. The van der Waals surface area contributed by atoms with Crippen molar-refractivity contribution in [1.29, 1.82) is 0 Å². The highest BCUT2D eigenvalue weighted by molar-refractivity contribution is 7.99. The molecule has 0 saturated carbocycles. The van der Waals surface area contributed by atoms with Crippen LogP contribution in [0.1, 0.15) is 50.8 Å². The molecule has 0 spiro atoms. The van der Waals surface area contributed by atoms with Crippen LogP contribution in [-0.4, -0.2) is 64.1 Å². The number of nitrogens with zero attached hydrogens (tertiary/aromatic N) is 3. The molecule has 2 aromatic heterocycles. The second-order valence-electron chi connectivity index (χ2n) is 9.39. The molecule has 45 heavy (non-hydrogen) atoms. The summed E-state index contributed by atoms with van der Waals surface area (Å²) < 4.78 is 17.6. The predicted octanol–water partition coefficient (Wildman–Crippen LogP) is 4.48. The molecule has 0 aliphatic rings. The summed E-state index contributed by atoms with van der Waals surface area (Å²) in [6, 6.07) is 18.7. The molecule has 2 amide bonds. The normalized spacial score (nSPS) is 10.6. The summed E-state index contributed by atoms with van der Waals surface area (Å²) in [5.74, 6) is -0.975. The minimum absolute atomic E-state index is 0.0713. The number of esters is 2. The highest BCUT2D eigenvalue weighted by Crippen LogP contribution is 2.34. The van der Waals surface area contributed by atoms with Gasteiger partial charge >= 0.3 is 11.9 Å². The lowest BCUT2D eigenvalue weighted by Crippen LogP contribution is -2.29. The van der Waals surface area contributed by atoms with Gasteiger partial charge in [-0.1, -0.05) is 60.3 Å². The molecule has 0 saturated heterocycles. The zero-order valence-electron chi connectivity index (χ0n) is 25.0. The van der Waals surface area contributed by atoms with Gasteiger partial charge in [0.15, 0.2) is 17.6 Å². The zero-order chi connectivity index (χ0) is 32.2. The first-order valence-electron chi connectivity index (χ1n) is 14.1. The number of benzene rings is 2. The van der Waals surface area contributed by atoms with Crippen LogP contribution in [0.5, 0.6) is 5.75 Å². The fraction of sp³-hybridized carbons (Fsp3) is 0.290. The maximum Gasteiger partial charge on any atom is 0.348 e.